The summed E-state index contributed by atoms with van der Waals surface area (Å²) in [6.07, 6.45) is 5.82. The van der Waals surface area contributed by atoms with E-state index in [0.29, 0.717) is 45.1 Å². The van der Waals surface area contributed by atoms with Crippen molar-refractivity contribution in [1.82, 2.24) is 19.2 Å². The first-order valence-electron chi connectivity index (χ1n) is 11.2. The molecule has 2 fully saturated rings. The van der Waals surface area contributed by atoms with Gasteiger partial charge in [-0.15, -0.1) is 0 Å². The molecule has 4 rings (SSSR count). The highest BCUT2D eigenvalue weighted by molar-refractivity contribution is 7.89. The predicted octanol–water partition coefficient (Wildman–Crippen LogP) is 2.62. The molecule has 1 amide bonds. The predicted molar refractivity (Wildman–Crippen MR) is 118 cm³/mol. The lowest BCUT2D eigenvalue weighted by Crippen LogP contribution is -2.43. The molecule has 1 aromatic heterocycles. The number of nitrogens with zero attached hydrogens (tertiary/aromatic N) is 3. The number of amides is 1. The number of nitrogens with one attached hydrogen (secondary N) is 1. The van der Waals surface area contributed by atoms with Gasteiger partial charge in [0.1, 0.15) is 5.82 Å². The van der Waals surface area contributed by atoms with Gasteiger partial charge >= 0.3 is 0 Å². The first-order valence-corrected chi connectivity index (χ1v) is 12.6. The van der Waals surface area contributed by atoms with E-state index >= 15 is 0 Å². The summed E-state index contributed by atoms with van der Waals surface area (Å²) in [6.45, 7) is 3.63. The van der Waals surface area contributed by atoms with Gasteiger partial charge in [0, 0.05) is 38.7 Å². The molecule has 31 heavy (non-hydrogen) atoms. The Bertz CT molecular complexity index is 1040. The summed E-state index contributed by atoms with van der Waals surface area (Å²) < 4.78 is 35.2. The fraction of sp³-hybridized carbons (Fsp3) is 0.636. The van der Waals surface area contributed by atoms with E-state index < -0.39 is 10.0 Å². The molecule has 0 bridgehead atoms. The molecule has 2 heterocycles. The first kappa shape index (κ1) is 22.2. The standard InChI is InChI=1S/C22H32N4O4S/c1-16-24-20-15-19(7-8-21(20)26(16)18-5-3-4-6-18)31(28,29)25-12-9-17(10-13-25)22(27)23-11-14-30-2/h7-8,15,17-18H,3-6,9-14H2,1-2H3,(H,23,27). The number of hydrogen-bond acceptors (Lipinski definition) is 5. The SMILES string of the molecule is COCCNC(=O)C1CCN(S(=O)(=O)c2ccc3c(c2)nc(C)n3C2CCCC2)CC1. The Morgan fingerprint density at radius 2 is 1.90 bits per heavy atom. The summed E-state index contributed by atoms with van der Waals surface area (Å²) in [4.78, 5) is 17.2. The highest BCUT2D eigenvalue weighted by atomic mass is 32.2. The molecule has 170 valence electrons. The molecule has 2 aromatic rings. The summed E-state index contributed by atoms with van der Waals surface area (Å²) in [5, 5.41) is 2.85. The van der Waals surface area contributed by atoms with Crippen molar-refractivity contribution in [2.75, 3.05) is 33.4 Å². The van der Waals surface area contributed by atoms with E-state index in [4.69, 9.17) is 4.74 Å². The van der Waals surface area contributed by atoms with Gasteiger partial charge in [0.15, 0.2) is 0 Å². The number of aryl methyl sites for hydroxylation is 1. The van der Waals surface area contributed by atoms with Gasteiger partial charge < -0.3 is 14.6 Å². The van der Waals surface area contributed by atoms with Crippen molar-refractivity contribution < 1.29 is 17.9 Å². The van der Waals surface area contributed by atoms with E-state index in [-0.39, 0.29) is 16.7 Å². The van der Waals surface area contributed by atoms with Crippen molar-refractivity contribution in [2.24, 2.45) is 5.92 Å². The maximum Gasteiger partial charge on any atom is 0.243 e. The van der Waals surface area contributed by atoms with E-state index in [1.54, 1.807) is 19.2 Å². The number of ether oxygens (including phenoxy) is 1. The lowest BCUT2D eigenvalue weighted by molar-refractivity contribution is -0.126. The number of aromatic nitrogens is 2. The lowest BCUT2D eigenvalue weighted by Gasteiger charge is -2.30. The molecule has 8 nitrogen and oxygen atoms in total. The number of hydrogen-bond donors (Lipinski definition) is 1. The zero-order chi connectivity index (χ0) is 22.0. The molecule has 0 spiro atoms. The van der Waals surface area contributed by atoms with Crippen LogP contribution in [0.1, 0.15) is 50.4 Å². The number of fused-ring (bicyclic) bond motifs is 1. The average Bonchev–Trinajstić information content (AvgIpc) is 3.40. The summed E-state index contributed by atoms with van der Waals surface area (Å²) in [5.74, 6) is 0.760. The zero-order valence-electron chi connectivity index (χ0n) is 18.3. The van der Waals surface area contributed by atoms with Crippen LogP contribution >= 0.6 is 0 Å². The maximum atomic E-state index is 13.2. The summed E-state index contributed by atoms with van der Waals surface area (Å²) in [6, 6.07) is 5.76. The van der Waals surface area contributed by atoms with Crippen molar-refractivity contribution in [3.63, 3.8) is 0 Å². The van der Waals surface area contributed by atoms with Crippen LogP contribution in [0.3, 0.4) is 0 Å². The molecule has 0 atom stereocenters. The van der Waals surface area contributed by atoms with E-state index in [1.807, 2.05) is 13.0 Å². The van der Waals surface area contributed by atoms with Crippen molar-refractivity contribution in [3.8, 4) is 0 Å². The van der Waals surface area contributed by atoms with Crippen LogP contribution in [0.25, 0.3) is 11.0 Å². The number of rotatable bonds is 7. The van der Waals surface area contributed by atoms with Gasteiger partial charge in [-0.2, -0.15) is 4.31 Å². The quantitative estimate of drug-likeness (QED) is 0.657. The minimum Gasteiger partial charge on any atom is -0.383 e. The number of imidazole rings is 1. The molecule has 0 unspecified atom stereocenters. The van der Waals surface area contributed by atoms with Crippen LogP contribution in [-0.2, 0) is 19.6 Å². The van der Waals surface area contributed by atoms with E-state index in [9.17, 15) is 13.2 Å². The van der Waals surface area contributed by atoms with E-state index in [0.717, 1.165) is 29.7 Å². The Hall–Kier alpha value is -1.97. The maximum absolute atomic E-state index is 13.2. The van der Waals surface area contributed by atoms with Crippen LogP contribution in [0.15, 0.2) is 23.1 Å². The molecular weight excluding hydrogens is 416 g/mol. The largest absolute Gasteiger partial charge is 0.383 e. The van der Waals surface area contributed by atoms with Gasteiger partial charge in [-0.25, -0.2) is 13.4 Å². The second kappa shape index (κ2) is 9.26. The van der Waals surface area contributed by atoms with Crippen LogP contribution in [-0.4, -0.2) is 61.5 Å². The number of carbonyl (C=O) groups is 1. The Labute approximate surface area is 184 Å². The normalized spacial score (nSPS) is 19.3. The van der Waals surface area contributed by atoms with Crippen molar-refractivity contribution >= 4 is 27.0 Å². The Kier molecular flexibility index (Phi) is 6.64. The molecule has 2 aliphatic rings. The molecular formula is C22H32N4O4S. The van der Waals surface area contributed by atoms with E-state index in [1.165, 1.54) is 17.1 Å². The number of benzene rings is 1. The highest BCUT2D eigenvalue weighted by Crippen LogP contribution is 2.34. The number of carbonyl (C=O) groups excluding carboxylic acids is 1. The third-order valence-electron chi connectivity index (χ3n) is 6.60. The van der Waals surface area contributed by atoms with Crippen LogP contribution in [0.4, 0.5) is 0 Å². The summed E-state index contributed by atoms with van der Waals surface area (Å²) in [5.41, 5.74) is 1.74. The van der Waals surface area contributed by atoms with Crippen LogP contribution < -0.4 is 5.32 Å². The highest BCUT2D eigenvalue weighted by Gasteiger charge is 2.32. The van der Waals surface area contributed by atoms with Crippen LogP contribution in [0.5, 0.6) is 0 Å². The minimum absolute atomic E-state index is 0.0246. The van der Waals surface area contributed by atoms with Gasteiger partial charge in [-0.1, -0.05) is 12.8 Å². The van der Waals surface area contributed by atoms with Gasteiger partial charge in [-0.05, 0) is 50.8 Å². The molecule has 0 radical (unpaired) electrons. The van der Waals surface area contributed by atoms with Crippen molar-refractivity contribution in [1.29, 1.82) is 0 Å². The van der Waals surface area contributed by atoms with Gasteiger partial charge in [0.05, 0.1) is 22.5 Å². The first-order chi connectivity index (χ1) is 14.9. The Morgan fingerprint density at radius 1 is 1.19 bits per heavy atom. The Balaban J connectivity index is 1.47. The fourth-order valence-corrected chi connectivity index (χ4v) is 6.40. The number of sulfonamides is 1. The molecule has 1 aromatic carbocycles. The van der Waals surface area contributed by atoms with Gasteiger partial charge in [0.2, 0.25) is 15.9 Å². The fourth-order valence-electron chi connectivity index (χ4n) is 4.91. The minimum atomic E-state index is -3.61. The summed E-state index contributed by atoms with van der Waals surface area (Å²) in [7, 11) is -2.02. The summed E-state index contributed by atoms with van der Waals surface area (Å²) >= 11 is 0. The van der Waals surface area contributed by atoms with Gasteiger partial charge in [0.25, 0.3) is 0 Å². The lowest BCUT2D eigenvalue weighted by atomic mass is 9.97. The molecule has 1 saturated carbocycles. The van der Waals surface area contributed by atoms with Crippen LogP contribution in [0.2, 0.25) is 0 Å². The topological polar surface area (TPSA) is 93.5 Å². The molecule has 1 saturated heterocycles. The number of methoxy groups -OCH3 is 1. The van der Waals surface area contributed by atoms with Crippen LogP contribution in [0, 0.1) is 12.8 Å². The third-order valence-corrected chi connectivity index (χ3v) is 8.49. The molecule has 1 aliphatic carbocycles. The molecule has 1 aliphatic heterocycles. The molecule has 9 heteroatoms. The Morgan fingerprint density at radius 3 is 2.58 bits per heavy atom. The second-order valence-corrected chi connectivity index (χ2v) is 10.5. The van der Waals surface area contributed by atoms with Crippen molar-refractivity contribution in [2.45, 2.75) is 56.4 Å². The second-order valence-electron chi connectivity index (χ2n) is 8.58. The van der Waals surface area contributed by atoms with Crippen molar-refractivity contribution in [3.05, 3.63) is 24.0 Å². The smallest absolute Gasteiger partial charge is 0.243 e. The third kappa shape index (κ3) is 4.49. The monoisotopic (exact) mass is 448 g/mol. The average molecular weight is 449 g/mol. The van der Waals surface area contributed by atoms with E-state index in [2.05, 4.69) is 14.9 Å². The number of piperidine rings is 1. The molecule has 1 N–H and O–H groups in total. The van der Waals surface area contributed by atoms with Gasteiger partial charge in [-0.3, -0.25) is 4.79 Å². The zero-order valence-corrected chi connectivity index (χ0v) is 19.2.